The SMILES string of the molecule is CC(OC(=O)OCC(C)(C)C(=O)[O-])n1nc(C#N)c(-c2nc(-c3cccc(C(F)(F)F)c3)sc2Cl)n1. The number of hydrogen-bond acceptors (Lipinski definition) is 10. The molecular formula is C21H16ClF3N5O5S-. The fraction of sp³-hybridized carbons (Fsp3) is 0.333. The molecule has 36 heavy (non-hydrogen) atoms. The van der Waals surface area contributed by atoms with E-state index < -0.39 is 42.1 Å². The summed E-state index contributed by atoms with van der Waals surface area (Å²) in [7, 11) is 0. The third-order valence-electron chi connectivity index (χ3n) is 4.68. The Kier molecular flexibility index (Phi) is 7.56. The van der Waals surface area contributed by atoms with E-state index >= 15 is 0 Å². The zero-order chi connectivity index (χ0) is 26.8. The summed E-state index contributed by atoms with van der Waals surface area (Å²) in [6, 6.07) is 6.31. The minimum Gasteiger partial charge on any atom is -0.549 e. The Morgan fingerprint density at radius 3 is 2.58 bits per heavy atom. The number of carboxylic acid groups (broad SMARTS) is 1. The van der Waals surface area contributed by atoms with E-state index in [-0.39, 0.29) is 32.0 Å². The van der Waals surface area contributed by atoms with E-state index in [4.69, 9.17) is 21.1 Å². The Morgan fingerprint density at radius 2 is 1.97 bits per heavy atom. The molecular weight excluding hydrogens is 527 g/mol. The van der Waals surface area contributed by atoms with Crippen LogP contribution in [-0.2, 0) is 20.4 Å². The first-order valence-electron chi connectivity index (χ1n) is 9.99. The number of ether oxygens (including phenoxy) is 2. The zero-order valence-electron chi connectivity index (χ0n) is 18.8. The van der Waals surface area contributed by atoms with Crippen LogP contribution in [0, 0.1) is 16.7 Å². The lowest BCUT2D eigenvalue weighted by Gasteiger charge is -2.25. The van der Waals surface area contributed by atoms with Crippen molar-refractivity contribution < 1.29 is 37.3 Å². The Hall–Kier alpha value is -3.70. The molecule has 3 aromatic rings. The number of alkyl halides is 3. The van der Waals surface area contributed by atoms with Gasteiger partial charge in [0.05, 0.1) is 11.5 Å². The maximum Gasteiger partial charge on any atom is 0.510 e. The highest BCUT2D eigenvalue weighted by Gasteiger charge is 2.31. The summed E-state index contributed by atoms with van der Waals surface area (Å²) < 4.78 is 49.0. The number of nitrogens with zero attached hydrogens (tertiary/aromatic N) is 5. The molecule has 15 heteroatoms. The number of benzene rings is 1. The molecule has 1 atom stereocenters. The summed E-state index contributed by atoms with van der Waals surface area (Å²) in [6.45, 7) is 3.43. The zero-order valence-corrected chi connectivity index (χ0v) is 20.4. The lowest BCUT2D eigenvalue weighted by molar-refractivity contribution is -0.318. The molecule has 0 fully saturated rings. The molecule has 0 amide bonds. The highest BCUT2D eigenvalue weighted by atomic mass is 35.5. The minimum absolute atomic E-state index is 0.00219. The number of aliphatic carboxylic acids is 1. The van der Waals surface area contributed by atoms with Gasteiger partial charge in [0.15, 0.2) is 11.4 Å². The van der Waals surface area contributed by atoms with Gasteiger partial charge in [0.2, 0.25) is 6.23 Å². The van der Waals surface area contributed by atoms with Crippen molar-refractivity contribution in [2.75, 3.05) is 6.61 Å². The molecule has 0 bridgehead atoms. The smallest absolute Gasteiger partial charge is 0.510 e. The third-order valence-corrected chi connectivity index (χ3v) is 5.98. The summed E-state index contributed by atoms with van der Waals surface area (Å²) in [5.74, 6) is -1.43. The predicted molar refractivity (Wildman–Crippen MR) is 117 cm³/mol. The molecule has 0 saturated carbocycles. The third kappa shape index (κ3) is 5.92. The number of carbonyl (C=O) groups excluding carboxylic acids is 2. The Balaban J connectivity index is 1.83. The van der Waals surface area contributed by atoms with Crippen LogP contribution in [0.25, 0.3) is 22.0 Å². The molecule has 10 nitrogen and oxygen atoms in total. The monoisotopic (exact) mass is 542 g/mol. The number of nitriles is 1. The molecule has 0 spiro atoms. The maximum absolute atomic E-state index is 13.1. The largest absolute Gasteiger partial charge is 0.549 e. The second-order valence-electron chi connectivity index (χ2n) is 7.98. The number of halogens is 4. The number of hydrogen-bond donors (Lipinski definition) is 0. The van der Waals surface area contributed by atoms with Gasteiger partial charge in [0.25, 0.3) is 0 Å². The molecule has 2 heterocycles. The second kappa shape index (κ2) is 10.1. The van der Waals surface area contributed by atoms with E-state index in [0.717, 1.165) is 28.3 Å². The van der Waals surface area contributed by atoms with Crippen molar-refractivity contribution in [3.05, 3.63) is 39.9 Å². The fourth-order valence-electron chi connectivity index (χ4n) is 2.64. The van der Waals surface area contributed by atoms with Gasteiger partial charge in [-0.15, -0.1) is 26.3 Å². The fourth-order valence-corrected chi connectivity index (χ4v) is 3.78. The second-order valence-corrected chi connectivity index (χ2v) is 9.58. The normalized spacial score (nSPS) is 12.6. The summed E-state index contributed by atoms with van der Waals surface area (Å²) in [6.07, 6.45) is -6.95. The minimum atomic E-state index is -4.55. The van der Waals surface area contributed by atoms with Gasteiger partial charge in [-0.1, -0.05) is 37.6 Å². The van der Waals surface area contributed by atoms with Crippen LogP contribution in [-0.4, -0.2) is 38.7 Å². The van der Waals surface area contributed by atoms with E-state index in [1.165, 1.54) is 32.9 Å². The number of carboxylic acids is 1. The van der Waals surface area contributed by atoms with Crippen molar-refractivity contribution in [1.29, 1.82) is 5.26 Å². The van der Waals surface area contributed by atoms with Crippen LogP contribution in [0.1, 0.15) is 38.3 Å². The standard InChI is InChI=1S/C21H17ClF3N5O5S/c1-10(35-19(33)34-9-20(2,3)18(31)32)30-28-13(8-26)14(29-30)15-16(22)36-17(27-15)11-5-4-6-12(7-11)21(23,24)25/h4-7,10H,9H2,1-3H3,(H,31,32)/p-1. The molecule has 0 N–H and O–H groups in total. The molecule has 1 unspecified atom stereocenters. The van der Waals surface area contributed by atoms with Crippen LogP contribution in [0.4, 0.5) is 18.0 Å². The van der Waals surface area contributed by atoms with E-state index in [9.17, 15) is 33.1 Å². The molecule has 190 valence electrons. The number of thiazole rings is 1. The molecule has 0 aliphatic rings. The Morgan fingerprint density at radius 1 is 1.28 bits per heavy atom. The van der Waals surface area contributed by atoms with Crippen LogP contribution in [0.5, 0.6) is 0 Å². The van der Waals surface area contributed by atoms with Gasteiger partial charge >= 0.3 is 12.3 Å². The molecule has 1 aromatic carbocycles. The van der Waals surface area contributed by atoms with Gasteiger partial charge in [0, 0.05) is 11.0 Å². The molecule has 2 aromatic heterocycles. The van der Waals surface area contributed by atoms with Gasteiger partial charge in [-0.3, -0.25) is 0 Å². The van der Waals surface area contributed by atoms with E-state index in [2.05, 4.69) is 15.2 Å². The quantitative estimate of drug-likeness (QED) is 0.404. The highest BCUT2D eigenvalue weighted by molar-refractivity contribution is 7.19. The van der Waals surface area contributed by atoms with Gasteiger partial charge < -0.3 is 19.4 Å². The van der Waals surface area contributed by atoms with Crippen molar-refractivity contribution in [1.82, 2.24) is 20.0 Å². The Bertz CT molecular complexity index is 1350. The van der Waals surface area contributed by atoms with E-state index in [1.807, 2.05) is 0 Å². The van der Waals surface area contributed by atoms with Crippen molar-refractivity contribution in [2.24, 2.45) is 5.41 Å². The van der Waals surface area contributed by atoms with Gasteiger partial charge in [-0.25, -0.2) is 9.78 Å². The molecule has 0 aliphatic carbocycles. The average Bonchev–Trinajstić information content (AvgIpc) is 3.40. The van der Waals surface area contributed by atoms with Crippen molar-refractivity contribution in [2.45, 2.75) is 33.2 Å². The van der Waals surface area contributed by atoms with E-state index in [0.29, 0.717) is 0 Å². The predicted octanol–water partition coefficient (Wildman–Crippen LogP) is 4.06. The lowest BCUT2D eigenvalue weighted by atomic mass is 9.95. The first-order valence-corrected chi connectivity index (χ1v) is 11.2. The van der Waals surface area contributed by atoms with Crippen LogP contribution in [0.3, 0.4) is 0 Å². The molecule has 0 saturated heterocycles. The van der Waals surface area contributed by atoms with Crippen LogP contribution < -0.4 is 5.11 Å². The summed E-state index contributed by atoms with van der Waals surface area (Å²) in [4.78, 5) is 28.1. The molecule has 0 aliphatic heterocycles. The van der Waals surface area contributed by atoms with Gasteiger partial charge in [-0.05, 0) is 19.1 Å². The van der Waals surface area contributed by atoms with Crippen LogP contribution in [0.15, 0.2) is 24.3 Å². The van der Waals surface area contributed by atoms with Crippen LogP contribution in [0.2, 0.25) is 4.34 Å². The Labute approximate surface area is 210 Å². The summed E-state index contributed by atoms with van der Waals surface area (Å²) in [5.41, 5.74) is -2.47. The molecule has 3 rings (SSSR count). The topological polar surface area (TPSA) is 143 Å². The maximum atomic E-state index is 13.1. The average molecular weight is 543 g/mol. The first-order chi connectivity index (χ1) is 16.7. The first kappa shape index (κ1) is 26.9. The number of rotatable bonds is 7. The summed E-state index contributed by atoms with van der Waals surface area (Å²) >= 11 is 7.14. The van der Waals surface area contributed by atoms with Gasteiger partial charge in [0.1, 0.15) is 27.7 Å². The number of aromatic nitrogens is 4. The number of carbonyl (C=O) groups is 2. The van der Waals surface area contributed by atoms with Crippen molar-refractivity contribution in [3.8, 4) is 28.0 Å². The summed E-state index contributed by atoms with van der Waals surface area (Å²) in [5, 5.41) is 28.6. The molecule has 0 radical (unpaired) electrons. The van der Waals surface area contributed by atoms with E-state index in [1.54, 1.807) is 6.07 Å². The van der Waals surface area contributed by atoms with Crippen molar-refractivity contribution in [3.63, 3.8) is 0 Å². The van der Waals surface area contributed by atoms with Gasteiger partial charge in [-0.2, -0.15) is 18.4 Å². The van der Waals surface area contributed by atoms with Crippen LogP contribution >= 0.6 is 22.9 Å². The highest BCUT2D eigenvalue weighted by Crippen LogP contribution is 2.39. The lowest BCUT2D eigenvalue weighted by Crippen LogP contribution is -2.41. The van der Waals surface area contributed by atoms with Crippen molar-refractivity contribution >= 4 is 35.1 Å².